The Hall–Kier alpha value is -0.630. The van der Waals surface area contributed by atoms with E-state index in [1.54, 1.807) is 13.6 Å². The van der Waals surface area contributed by atoms with E-state index in [1.807, 2.05) is 0 Å². The van der Waals surface area contributed by atoms with Crippen molar-refractivity contribution in [3.05, 3.63) is 29.3 Å². The van der Waals surface area contributed by atoms with E-state index in [9.17, 15) is 17.6 Å². The van der Waals surface area contributed by atoms with Crippen molar-refractivity contribution in [3.63, 3.8) is 0 Å². The highest BCUT2D eigenvalue weighted by Gasteiger charge is 2.20. The Kier molecular flexibility index (Phi) is 3.48. The lowest BCUT2D eigenvalue weighted by Crippen LogP contribution is -2.13. The average Bonchev–Trinajstić information content (AvgIpc) is 2.19. The third-order valence-corrected chi connectivity index (χ3v) is 4.07. The van der Waals surface area contributed by atoms with Gasteiger partial charge in [0.2, 0.25) is 0 Å². The Labute approximate surface area is 80.7 Å². The third-order valence-electron chi connectivity index (χ3n) is 1.97. The number of benzene rings is 1. The molecule has 1 aromatic rings. The van der Waals surface area contributed by atoms with Gasteiger partial charge in [-0.1, -0.05) is 14.8 Å². The minimum atomic E-state index is -1.74. The van der Waals surface area contributed by atoms with Crippen LogP contribution in [0.2, 0.25) is 0 Å². The van der Waals surface area contributed by atoms with Crippen LogP contribution in [0.4, 0.5) is 17.6 Å². The van der Waals surface area contributed by atoms with Crippen LogP contribution in [0.25, 0.3) is 0 Å². The summed E-state index contributed by atoms with van der Waals surface area (Å²) in [4.78, 5) is 0. The van der Waals surface area contributed by atoms with E-state index in [1.165, 1.54) is 0 Å². The molecule has 0 N–H and O–H groups in total. The van der Waals surface area contributed by atoms with Crippen LogP contribution < -0.4 is 5.30 Å². The molecule has 0 bridgehead atoms. The van der Waals surface area contributed by atoms with Crippen molar-refractivity contribution in [2.75, 3.05) is 12.8 Å². The summed E-state index contributed by atoms with van der Waals surface area (Å²) in [6.07, 6.45) is 0.594. The second-order valence-electron chi connectivity index (χ2n) is 2.83. The van der Waals surface area contributed by atoms with Crippen LogP contribution in [-0.4, -0.2) is 12.8 Å². The highest BCUT2D eigenvalue weighted by molar-refractivity contribution is 7.64. The van der Waals surface area contributed by atoms with E-state index < -0.39 is 31.2 Å². The predicted molar refractivity (Wildman–Crippen MR) is 49.3 cm³/mol. The molecule has 1 aromatic carbocycles. The van der Waals surface area contributed by atoms with Crippen molar-refractivity contribution < 1.29 is 17.6 Å². The lowest BCUT2D eigenvalue weighted by Gasteiger charge is -2.11. The van der Waals surface area contributed by atoms with Gasteiger partial charge < -0.3 is 0 Å². The molecule has 0 saturated heterocycles. The van der Waals surface area contributed by atoms with Gasteiger partial charge in [-0.15, -0.1) is 0 Å². The van der Waals surface area contributed by atoms with Crippen LogP contribution >= 0.6 is 7.92 Å². The van der Waals surface area contributed by atoms with E-state index >= 15 is 0 Å². The largest absolute Gasteiger partial charge is 0.204 e. The first-order valence-corrected chi connectivity index (χ1v) is 6.00. The Bertz CT molecular complexity index is 351. The molecule has 0 nitrogen and oxygen atoms in total. The summed E-state index contributed by atoms with van der Waals surface area (Å²) >= 11 is 0. The van der Waals surface area contributed by atoms with Crippen molar-refractivity contribution in [1.82, 2.24) is 0 Å². The summed E-state index contributed by atoms with van der Waals surface area (Å²) in [6, 6.07) is 0.739. The summed E-state index contributed by atoms with van der Waals surface area (Å²) < 4.78 is 51.2. The summed E-state index contributed by atoms with van der Waals surface area (Å²) in [5, 5.41) is -0.0566. The molecule has 0 aliphatic rings. The monoisotopic (exact) mass is 224 g/mol. The fourth-order valence-corrected chi connectivity index (χ4v) is 2.12. The SMILES string of the molecule is CCP(C)c1cc(F)c(F)c(F)c1F. The molecule has 0 aromatic heterocycles. The van der Waals surface area contributed by atoms with E-state index in [-0.39, 0.29) is 5.30 Å². The molecule has 5 heteroatoms. The minimum Gasteiger partial charge on any atom is -0.204 e. The molecule has 78 valence electrons. The van der Waals surface area contributed by atoms with Gasteiger partial charge in [-0.3, -0.25) is 0 Å². The molecular weight excluding hydrogens is 215 g/mol. The maximum absolute atomic E-state index is 13.1. The number of hydrogen-bond donors (Lipinski definition) is 0. The molecule has 1 unspecified atom stereocenters. The van der Waals surface area contributed by atoms with Crippen LogP contribution in [0, 0.1) is 23.3 Å². The molecule has 0 fully saturated rings. The fourth-order valence-electron chi connectivity index (χ4n) is 1.01. The molecule has 0 aliphatic heterocycles. The summed E-state index contributed by atoms with van der Waals surface area (Å²) in [5.74, 6) is -6.06. The summed E-state index contributed by atoms with van der Waals surface area (Å²) in [7, 11) is -0.961. The molecule has 14 heavy (non-hydrogen) atoms. The van der Waals surface area contributed by atoms with Gasteiger partial charge in [0.25, 0.3) is 0 Å². The zero-order chi connectivity index (χ0) is 10.9. The van der Waals surface area contributed by atoms with Crippen LogP contribution in [-0.2, 0) is 0 Å². The maximum Gasteiger partial charge on any atom is 0.198 e. The van der Waals surface area contributed by atoms with Crippen molar-refractivity contribution in [2.24, 2.45) is 0 Å². The smallest absolute Gasteiger partial charge is 0.198 e. The minimum absolute atomic E-state index is 0.0566. The zero-order valence-corrected chi connectivity index (χ0v) is 8.64. The number of rotatable bonds is 2. The Morgan fingerprint density at radius 3 is 2.14 bits per heavy atom. The van der Waals surface area contributed by atoms with E-state index in [4.69, 9.17) is 0 Å². The summed E-state index contributed by atoms with van der Waals surface area (Å²) in [5.41, 5.74) is 0. The van der Waals surface area contributed by atoms with Gasteiger partial charge in [-0.25, -0.2) is 17.6 Å². The first kappa shape index (κ1) is 11.4. The molecule has 1 atom stereocenters. The van der Waals surface area contributed by atoms with Crippen molar-refractivity contribution in [3.8, 4) is 0 Å². The van der Waals surface area contributed by atoms with Gasteiger partial charge in [-0.05, 0) is 18.9 Å². The first-order chi connectivity index (χ1) is 6.49. The normalized spacial score (nSPS) is 13.0. The van der Waals surface area contributed by atoms with Gasteiger partial charge in [0.05, 0.1) is 0 Å². The fraction of sp³-hybridized carbons (Fsp3) is 0.333. The second kappa shape index (κ2) is 4.26. The van der Waals surface area contributed by atoms with Crippen LogP contribution in [0.3, 0.4) is 0 Å². The highest BCUT2D eigenvalue weighted by Crippen LogP contribution is 2.31. The standard InChI is InChI=1S/C9H9F4P/c1-3-14(2)6-4-5(10)7(11)9(13)8(6)12/h4H,3H2,1-2H3. The first-order valence-electron chi connectivity index (χ1n) is 4.03. The Balaban J connectivity index is 3.33. The van der Waals surface area contributed by atoms with Crippen molar-refractivity contribution in [2.45, 2.75) is 6.92 Å². The van der Waals surface area contributed by atoms with E-state index in [0.29, 0.717) is 6.16 Å². The van der Waals surface area contributed by atoms with E-state index in [2.05, 4.69) is 0 Å². The lowest BCUT2D eigenvalue weighted by atomic mass is 10.3. The quantitative estimate of drug-likeness (QED) is 0.313. The number of halogens is 4. The topological polar surface area (TPSA) is 0 Å². The molecule has 0 saturated carbocycles. The van der Waals surface area contributed by atoms with Crippen molar-refractivity contribution in [1.29, 1.82) is 0 Å². The molecule has 0 radical (unpaired) electrons. The molecule has 0 amide bonds. The molecule has 0 spiro atoms. The van der Waals surface area contributed by atoms with Gasteiger partial charge >= 0.3 is 0 Å². The zero-order valence-electron chi connectivity index (χ0n) is 7.74. The summed E-state index contributed by atoms with van der Waals surface area (Å²) in [6.45, 7) is 3.47. The molecule has 0 aliphatic carbocycles. The lowest BCUT2D eigenvalue weighted by molar-refractivity contribution is 0.412. The van der Waals surface area contributed by atoms with Gasteiger partial charge in [0, 0.05) is 5.30 Å². The molecule has 1 rings (SSSR count). The van der Waals surface area contributed by atoms with Crippen LogP contribution in [0.5, 0.6) is 0 Å². The Morgan fingerprint density at radius 2 is 1.64 bits per heavy atom. The van der Waals surface area contributed by atoms with Gasteiger partial charge in [0.15, 0.2) is 23.3 Å². The van der Waals surface area contributed by atoms with Crippen LogP contribution in [0.1, 0.15) is 6.92 Å². The molecular formula is C9H9F4P. The van der Waals surface area contributed by atoms with Crippen LogP contribution in [0.15, 0.2) is 6.07 Å². The second-order valence-corrected chi connectivity index (χ2v) is 5.34. The Morgan fingerprint density at radius 1 is 1.07 bits per heavy atom. The maximum atomic E-state index is 13.1. The van der Waals surface area contributed by atoms with Gasteiger partial charge in [0.1, 0.15) is 0 Å². The third kappa shape index (κ3) is 1.90. The predicted octanol–water partition coefficient (Wildman–Crippen LogP) is 3.00. The van der Waals surface area contributed by atoms with E-state index in [0.717, 1.165) is 6.07 Å². The van der Waals surface area contributed by atoms with Crippen molar-refractivity contribution >= 4 is 13.2 Å². The highest BCUT2D eigenvalue weighted by atomic mass is 31.1. The number of hydrogen-bond acceptors (Lipinski definition) is 0. The van der Waals surface area contributed by atoms with Gasteiger partial charge in [-0.2, -0.15) is 0 Å². The average molecular weight is 224 g/mol. The molecule has 0 heterocycles.